The summed E-state index contributed by atoms with van der Waals surface area (Å²) in [6.07, 6.45) is 0. The van der Waals surface area contributed by atoms with Crippen LogP contribution in [0, 0.1) is 0 Å². The number of halogens is 2. The lowest BCUT2D eigenvalue weighted by atomic mass is 9.83. The predicted octanol–water partition coefficient (Wildman–Crippen LogP) is 4.17. The van der Waals surface area contributed by atoms with Crippen molar-refractivity contribution in [2.45, 2.75) is 19.7 Å². The molecule has 0 saturated carbocycles. The number of hydrogen-bond donors (Lipinski definition) is 4. The topological polar surface area (TPSA) is 137 Å². The Morgan fingerprint density at radius 3 is 2.07 bits per heavy atom. The number of phenolic OH excluding ortho intramolecular Hbond substituents is 4. The molecule has 2 aromatic carbocycles. The zero-order valence-electron chi connectivity index (χ0n) is 15.5. The summed E-state index contributed by atoms with van der Waals surface area (Å²) in [6.45, 7) is 2.74. The van der Waals surface area contributed by atoms with Crippen molar-refractivity contribution in [1.82, 2.24) is 0 Å². The molecule has 2 radical (unpaired) electrons. The summed E-state index contributed by atoms with van der Waals surface area (Å²) in [7, 11) is 5.90. The number of furan rings is 1. The summed E-state index contributed by atoms with van der Waals surface area (Å²) >= 11 is 6.46. The molecule has 4 N–H and O–H groups in total. The van der Waals surface area contributed by atoms with Crippen LogP contribution in [0.25, 0.3) is 11.0 Å². The van der Waals surface area contributed by atoms with E-state index in [2.05, 4.69) is 31.9 Å². The molecule has 1 heterocycles. The highest BCUT2D eigenvalue weighted by molar-refractivity contribution is 9.11. The molecule has 3 rings (SSSR count). The lowest BCUT2D eigenvalue weighted by Gasteiger charge is -2.11. The zero-order chi connectivity index (χ0) is 22.5. The predicted molar refractivity (Wildman–Crippen MR) is 114 cm³/mol. The fraction of sp³-hybridized carbons (Fsp3) is 0.158. The van der Waals surface area contributed by atoms with Gasteiger partial charge in [-0.15, -0.1) is 0 Å². The summed E-state index contributed by atoms with van der Waals surface area (Å²) in [6, 6.07) is 2.76. The molecule has 0 fully saturated rings. The van der Waals surface area contributed by atoms with Crippen LogP contribution in [0.4, 0.5) is 0 Å². The summed E-state index contributed by atoms with van der Waals surface area (Å²) in [5, 5.41) is 39.8. The molecule has 0 aliphatic carbocycles. The first-order valence-electron chi connectivity index (χ1n) is 8.35. The van der Waals surface area contributed by atoms with Gasteiger partial charge in [-0.05, 0) is 49.8 Å². The maximum atomic E-state index is 13.3. The number of carbonyl (C=O) groups excluding carboxylic acids is 2. The standard InChI is InChI=1S/C19H13BBr2O8/c1-5(20)17-10(11-13(25)14(26)15(27)16(28)19(11)30-17)12(24)7-3-8(21)18(9(22)4-7)29-6(2)23/h3-5,25-28H,1-2H3. The first-order valence-corrected chi connectivity index (χ1v) is 9.94. The molecule has 3 aromatic rings. The van der Waals surface area contributed by atoms with Crippen molar-refractivity contribution in [2.75, 3.05) is 0 Å². The van der Waals surface area contributed by atoms with Crippen LogP contribution in [0.15, 0.2) is 25.5 Å². The molecule has 0 aliphatic heterocycles. The van der Waals surface area contributed by atoms with Crippen molar-refractivity contribution in [3.8, 4) is 28.7 Å². The van der Waals surface area contributed by atoms with Gasteiger partial charge in [-0.25, -0.2) is 0 Å². The Balaban J connectivity index is 2.30. The smallest absolute Gasteiger partial charge is 0.308 e. The minimum Gasteiger partial charge on any atom is -0.504 e. The van der Waals surface area contributed by atoms with E-state index in [1.807, 2.05) is 0 Å². The van der Waals surface area contributed by atoms with Crippen LogP contribution in [0.3, 0.4) is 0 Å². The number of esters is 1. The fourth-order valence-electron chi connectivity index (χ4n) is 2.91. The van der Waals surface area contributed by atoms with E-state index in [0.717, 1.165) is 0 Å². The van der Waals surface area contributed by atoms with E-state index < -0.39 is 46.2 Å². The summed E-state index contributed by atoms with van der Waals surface area (Å²) < 4.78 is 11.1. The van der Waals surface area contributed by atoms with Gasteiger partial charge in [-0.2, -0.15) is 0 Å². The molecule has 30 heavy (non-hydrogen) atoms. The number of aromatic hydroxyl groups is 4. The molecule has 1 aromatic heterocycles. The van der Waals surface area contributed by atoms with E-state index in [4.69, 9.17) is 17.0 Å². The number of benzene rings is 2. The lowest BCUT2D eigenvalue weighted by molar-refractivity contribution is -0.131. The molecule has 1 atom stereocenters. The number of ether oxygens (including phenoxy) is 1. The molecule has 0 bridgehead atoms. The van der Waals surface area contributed by atoms with Crippen LogP contribution in [-0.4, -0.2) is 40.0 Å². The third-order valence-corrected chi connectivity index (χ3v) is 5.39. The van der Waals surface area contributed by atoms with Crippen LogP contribution in [0.5, 0.6) is 28.7 Å². The van der Waals surface area contributed by atoms with E-state index in [1.165, 1.54) is 26.0 Å². The minimum atomic E-state index is -1.02. The van der Waals surface area contributed by atoms with Crippen LogP contribution in [-0.2, 0) is 4.79 Å². The van der Waals surface area contributed by atoms with Crippen LogP contribution in [0.2, 0.25) is 0 Å². The zero-order valence-corrected chi connectivity index (χ0v) is 18.7. The Bertz CT molecular complexity index is 1190. The highest BCUT2D eigenvalue weighted by atomic mass is 79.9. The van der Waals surface area contributed by atoms with Gasteiger partial charge in [0.2, 0.25) is 17.2 Å². The van der Waals surface area contributed by atoms with Gasteiger partial charge in [0.1, 0.15) is 5.76 Å². The summed E-state index contributed by atoms with van der Waals surface area (Å²) in [5.41, 5.74) is -0.532. The number of carbonyl (C=O) groups is 2. The van der Waals surface area contributed by atoms with Crippen molar-refractivity contribution in [3.63, 3.8) is 0 Å². The third kappa shape index (κ3) is 3.52. The van der Waals surface area contributed by atoms with E-state index in [9.17, 15) is 30.0 Å². The van der Waals surface area contributed by atoms with Gasteiger partial charge in [0.05, 0.1) is 27.7 Å². The number of ketones is 1. The molecule has 1 unspecified atom stereocenters. The minimum absolute atomic E-state index is 0.0816. The van der Waals surface area contributed by atoms with Crippen LogP contribution in [0.1, 0.15) is 41.3 Å². The van der Waals surface area contributed by atoms with Gasteiger partial charge in [-0.1, -0.05) is 6.92 Å². The average Bonchev–Trinajstić information content (AvgIpc) is 3.07. The van der Waals surface area contributed by atoms with Crippen molar-refractivity contribution in [2.24, 2.45) is 0 Å². The molecular weight excluding hydrogens is 527 g/mol. The van der Waals surface area contributed by atoms with Gasteiger partial charge < -0.3 is 29.6 Å². The Labute approximate surface area is 187 Å². The SMILES string of the molecule is [B]C(C)c1oc2c(O)c(O)c(O)c(O)c2c1C(=O)c1cc(Br)c(OC(C)=O)c(Br)c1. The Hall–Kier alpha value is -2.66. The van der Waals surface area contributed by atoms with Crippen LogP contribution < -0.4 is 4.74 Å². The molecule has 0 amide bonds. The van der Waals surface area contributed by atoms with E-state index in [1.54, 1.807) is 0 Å². The number of phenols is 4. The van der Waals surface area contributed by atoms with Crippen molar-refractivity contribution in [3.05, 3.63) is 38.0 Å². The maximum absolute atomic E-state index is 13.3. The molecule has 154 valence electrons. The quantitative estimate of drug-likeness (QED) is 0.0968. The van der Waals surface area contributed by atoms with Gasteiger partial charge in [0, 0.05) is 12.5 Å². The Morgan fingerprint density at radius 1 is 1.03 bits per heavy atom. The van der Waals surface area contributed by atoms with Crippen LogP contribution >= 0.6 is 31.9 Å². The fourth-order valence-corrected chi connectivity index (χ4v) is 4.26. The van der Waals surface area contributed by atoms with Crippen molar-refractivity contribution < 1.29 is 39.2 Å². The first-order chi connectivity index (χ1) is 14.0. The van der Waals surface area contributed by atoms with Crippen molar-refractivity contribution in [1.29, 1.82) is 0 Å². The number of rotatable bonds is 4. The summed E-state index contributed by atoms with van der Waals surface area (Å²) in [4.78, 5) is 24.6. The van der Waals surface area contributed by atoms with E-state index in [-0.39, 0.29) is 37.0 Å². The summed E-state index contributed by atoms with van der Waals surface area (Å²) in [5.74, 6) is -5.72. The Morgan fingerprint density at radius 2 is 1.57 bits per heavy atom. The molecule has 0 spiro atoms. The third-order valence-electron chi connectivity index (χ3n) is 4.21. The molecule has 11 heteroatoms. The number of hydrogen-bond acceptors (Lipinski definition) is 8. The van der Waals surface area contributed by atoms with Crippen molar-refractivity contribution >= 4 is 62.4 Å². The second-order valence-electron chi connectivity index (χ2n) is 6.42. The molecule has 0 aliphatic rings. The second-order valence-corrected chi connectivity index (χ2v) is 8.13. The number of fused-ring (bicyclic) bond motifs is 1. The second kappa shape index (κ2) is 7.88. The van der Waals surface area contributed by atoms with Gasteiger partial charge >= 0.3 is 5.97 Å². The van der Waals surface area contributed by atoms with Gasteiger partial charge in [0.15, 0.2) is 22.9 Å². The average molecular weight is 540 g/mol. The highest BCUT2D eigenvalue weighted by Gasteiger charge is 2.31. The molecular formula is C19H13BBr2O8. The highest BCUT2D eigenvalue weighted by Crippen LogP contribution is 2.52. The monoisotopic (exact) mass is 538 g/mol. The first kappa shape index (κ1) is 22.0. The Kier molecular flexibility index (Phi) is 5.79. The molecule has 8 nitrogen and oxygen atoms in total. The van der Waals surface area contributed by atoms with E-state index >= 15 is 0 Å². The van der Waals surface area contributed by atoms with Gasteiger partial charge in [-0.3, -0.25) is 9.59 Å². The van der Waals surface area contributed by atoms with E-state index in [0.29, 0.717) is 0 Å². The lowest BCUT2D eigenvalue weighted by Crippen LogP contribution is -2.08. The normalized spacial score (nSPS) is 12.1. The maximum Gasteiger partial charge on any atom is 0.308 e. The largest absolute Gasteiger partial charge is 0.504 e. The molecule has 0 saturated heterocycles. The van der Waals surface area contributed by atoms with Gasteiger partial charge in [0.25, 0.3) is 0 Å².